The van der Waals surface area contributed by atoms with Crippen LogP contribution in [-0.4, -0.2) is 23.2 Å². The maximum absolute atomic E-state index is 6.29. The summed E-state index contributed by atoms with van der Waals surface area (Å²) in [6, 6.07) is 5.93. The number of furan rings is 1. The van der Waals surface area contributed by atoms with Crippen LogP contribution in [0, 0.1) is 5.92 Å². The Morgan fingerprint density at radius 2 is 2.24 bits per heavy atom. The molecule has 0 unspecified atom stereocenters. The second-order valence-electron chi connectivity index (χ2n) is 5.57. The first-order chi connectivity index (χ1) is 10.1. The lowest BCUT2D eigenvalue weighted by atomic mass is 10.0. The fraction of sp³-hybridized carbons (Fsp3) is 0.312. The first kappa shape index (κ1) is 13.3. The molecular weight excluding hydrogens is 304 g/mol. The molecule has 4 rings (SSSR count). The van der Waals surface area contributed by atoms with Gasteiger partial charge in [0.15, 0.2) is 5.17 Å². The highest BCUT2D eigenvalue weighted by Crippen LogP contribution is 2.46. The molecule has 0 aliphatic carbocycles. The minimum absolute atomic E-state index is 0.458. The molecule has 0 N–H and O–H groups in total. The molecule has 2 aromatic rings. The van der Waals surface area contributed by atoms with Crippen LogP contribution in [-0.2, 0) is 0 Å². The van der Waals surface area contributed by atoms with E-state index in [0.717, 1.165) is 34.8 Å². The average molecular weight is 319 g/mol. The molecule has 0 atom stereocenters. The van der Waals surface area contributed by atoms with Crippen LogP contribution >= 0.6 is 23.4 Å². The largest absolute Gasteiger partial charge is 0.464 e. The summed E-state index contributed by atoms with van der Waals surface area (Å²) in [4.78, 5) is 8.28. The number of allylic oxidation sites excluding steroid dienone is 1. The normalized spacial score (nSPS) is 18.1. The van der Waals surface area contributed by atoms with Gasteiger partial charge in [-0.3, -0.25) is 4.99 Å². The number of thioether (sulfide) groups is 1. The van der Waals surface area contributed by atoms with E-state index in [2.05, 4.69) is 23.7 Å². The lowest BCUT2D eigenvalue weighted by molar-refractivity contribution is 0.615. The summed E-state index contributed by atoms with van der Waals surface area (Å²) in [5.41, 5.74) is 3.23. The van der Waals surface area contributed by atoms with Crippen LogP contribution in [0.2, 0.25) is 5.02 Å². The Bertz CT molecular complexity index is 791. The summed E-state index contributed by atoms with van der Waals surface area (Å²) >= 11 is 8.08. The number of halogens is 1. The molecule has 2 aliphatic rings. The number of benzene rings is 1. The van der Waals surface area contributed by atoms with E-state index >= 15 is 0 Å². The highest BCUT2D eigenvalue weighted by Gasteiger charge is 2.35. The highest BCUT2D eigenvalue weighted by atomic mass is 35.5. The fourth-order valence-corrected chi connectivity index (χ4v) is 4.31. The van der Waals surface area contributed by atoms with E-state index in [4.69, 9.17) is 16.0 Å². The quantitative estimate of drug-likeness (QED) is 0.794. The van der Waals surface area contributed by atoms with Gasteiger partial charge in [0.25, 0.3) is 0 Å². The lowest BCUT2D eigenvalue weighted by Crippen LogP contribution is -2.20. The van der Waals surface area contributed by atoms with Gasteiger partial charge in [0.05, 0.1) is 18.5 Å². The van der Waals surface area contributed by atoms with Crippen LogP contribution in [0.15, 0.2) is 38.8 Å². The van der Waals surface area contributed by atoms with Gasteiger partial charge in [-0.25, -0.2) is 0 Å². The van der Waals surface area contributed by atoms with Gasteiger partial charge in [-0.1, -0.05) is 37.2 Å². The second kappa shape index (κ2) is 4.82. The smallest absolute Gasteiger partial charge is 0.168 e. The van der Waals surface area contributed by atoms with Gasteiger partial charge < -0.3 is 9.32 Å². The van der Waals surface area contributed by atoms with Crippen molar-refractivity contribution in [2.75, 3.05) is 13.1 Å². The Labute approximate surface area is 132 Å². The van der Waals surface area contributed by atoms with Crippen molar-refractivity contribution in [1.82, 2.24) is 4.90 Å². The number of rotatable bonds is 2. The topological polar surface area (TPSA) is 28.7 Å². The number of hydrogen-bond donors (Lipinski definition) is 0. The molecule has 3 heterocycles. The standard InChI is InChI=1S/C16H15ClN2OS/c1-9(2)15-14(19-5-4-18-16(19)21-15)12-7-10(17)8-13-11(12)3-6-20-13/h3,6-9H,4-5H2,1-2H3. The zero-order chi connectivity index (χ0) is 14.6. The van der Waals surface area contributed by atoms with Crippen LogP contribution in [0.1, 0.15) is 19.4 Å². The van der Waals surface area contributed by atoms with Crippen LogP contribution in [0.5, 0.6) is 0 Å². The van der Waals surface area contributed by atoms with E-state index in [-0.39, 0.29) is 0 Å². The zero-order valence-electron chi connectivity index (χ0n) is 11.9. The summed E-state index contributed by atoms with van der Waals surface area (Å²) in [7, 11) is 0. The van der Waals surface area contributed by atoms with Crippen molar-refractivity contribution >= 4 is 45.2 Å². The maximum Gasteiger partial charge on any atom is 0.168 e. The molecule has 0 amide bonds. The van der Waals surface area contributed by atoms with Crippen LogP contribution < -0.4 is 0 Å². The molecule has 5 heteroatoms. The lowest BCUT2D eigenvalue weighted by Gasteiger charge is -2.19. The predicted molar refractivity (Wildman–Crippen MR) is 89.6 cm³/mol. The third-order valence-electron chi connectivity index (χ3n) is 3.82. The van der Waals surface area contributed by atoms with Crippen LogP contribution in [0.25, 0.3) is 16.7 Å². The Morgan fingerprint density at radius 1 is 1.38 bits per heavy atom. The van der Waals surface area contributed by atoms with Gasteiger partial charge in [0, 0.05) is 33.5 Å². The maximum atomic E-state index is 6.29. The average Bonchev–Trinajstić information content (AvgIpc) is 3.11. The van der Waals surface area contributed by atoms with Crippen molar-refractivity contribution in [1.29, 1.82) is 0 Å². The van der Waals surface area contributed by atoms with Gasteiger partial charge >= 0.3 is 0 Å². The first-order valence-corrected chi connectivity index (χ1v) is 8.25. The van der Waals surface area contributed by atoms with Gasteiger partial charge in [-0.05, 0) is 18.1 Å². The van der Waals surface area contributed by atoms with Crippen molar-refractivity contribution in [3.63, 3.8) is 0 Å². The Balaban J connectivity index is 1.99. The molecule has 108 valence electrons. The molecule has 1 aromatic carbocycles. The number of amidine groups is 1. The Kier molecular flexibility index (Phi) is 3.05. The van der Waals surface area contributed by atoms with Crippen molar-refractivity contribution in [2.45, 2.75) is 13.8 Å². The van der Waals surface area contributed by atoms with Crippen molar-refractivity contribution in [2.24, 2.45) is 10.9 Å². The number of hydrogen-bond acceptors (Lipinski definition) is 4. The minimum Gasteiger partial charge on any atom is -0.464 e. The van der Waals surface area contributed by atoms with Crippen molar-refractivity contribution in [3.05, 3.63) is 40.0 Å². The molecule has 0 bridgehead atoms. The number of nitrogens with zero attached hydrogens (tertiary/aromatic N) is 2. The molecule has 3 nitrogen and oxygen atoms in total. The predicted octanol–water partition coefficient (Wildman–Crippen LogP) is 4.83. The van der Waals surface area contributed by atoms with E-state index in [1.54, 1.807) is 18.0 Å². The molecule has 2 aliphatic heterocycles. The molecule has 0 fully saturated rings. The van der Waals surface area contributed by atoms with Gasteiger partial charge in [-0.15, -0.1) is 0 Å². The monoisotopic (exact) mass is 318 g/mol. The van der Waals surface area contributed by atoms with E-state index in [1.165, 1.54) is 10.6 Å². The third-order valence-corrected chi connectivity index (χ3v) is 5.46. The Morgan fingerprint density at radius 3 is 3.05 bits per heavy atom. The van der Waals surface area contributed by atoms with Crippen LogP contribution in [0.4, 0.5) is 0 Å². The van der Waals surface area contributed by atoms with Crippen molar-refractivity contribution < 1.29 is 4.42 Å². The third kappa shape index (κ3) is 2.00. The van der Waals surface area contributed by atoms with Crippen LogP contribution in [0.3, 0.4) is 0 Å². The minimum atomic E-state index is 0.458. The Hall–Kier alpha value is -1.39. The molecule has 1 aromatic heterocycles. The van der Waals surface area contributed by atoms with Gasteiger partial charge in [0.2, 0.25) is 0 Å². The second-order valence-corrected chi connectivity index (χ2v) is 7.02. The number of fused-ring (bicyclic) bond motifs is 2. The summed E-state index contributed by atoms with van der Waals surface area (Å²) in [6.07, 6.45) is 1.72. The molecule has 0 saturated heterocycles. The SMILES string of the molecule is CC(C)C1=C(c2cc(Cl)cc3occc23)N2CCN=C2S1. The first-order valence-electron chi connectivity index (χ1n) is 7.06. The van der Waals surface area contributed by atoms with E-state index in [1.807, 2.05) is 18.2 Å². The molecule has 0 spiro atoms. The highest BCUT2D eigenvalue weighted by molar-refractivity contribution is 8.17. The van der Waals surface area contributed by atoms with E-state index < -0.39 is 0 Å². The summed E-state index contributed by atoms with van der Waals surface area (Å²) in [5, 5.41) is 2.93. The van der Waals surface area contributed by atoms with Gasteiger partial charge in [-0.2, -0.15) is 0 Å². The van der Waals surface area contributed by atoms with Gasteiger partial charge in [0.1, 0.15) is 5.58 Å². The molecular formula is C16H15ClN2OS. The van der Waals surface area contributed by atoms with E-state index in [9.17, 15) is 0 Å². The molecule has 0 radical (unpaired) electrons. The molecule has 21 heavy (non-hydrogen) atoms. The summed E-state index contributed by atoms with van der Waals surface area (Å²) in [5.74, 6) is 0.458. The number of aliphatic imine (C=N–C) groups is 1. The van der Waals surface area contributed by atoms with E-state index in [0.29, 0.717) is 10.9 Å². The zero-order valence-corrected chi connectivity index (χ0v) is 13.5. The summed E-state index contributed by atoms with van der Waals surface area (Å²) < 4.78 is 5.54. The van der Waals surface area contributed by atoms with Crippen molar-refractivity contribution in [3.8, 4) is 0 Å². The fourth-order valence-electron chi connectivity index (χ4n) is 2.90. The summed E-state index contributed by atoms with van der Waals surface area (Å²) in [6.45, 7) is 6.26. The molecule has 0 saturated carbocycles.